The number of piperazine rings is 1. The Hall–Kier alpha value is -1.29. The van der Waals surface area contributed by atoms with Gasteiger partial charge in [0.1, 0.15) is 0 Å². The minimum absolute atomic E-state index is 0.175. The van der Waals surface area contributed by atoms with Gasteiger partial charge in [0.05, 0.1) is 5.56 Å². The smallest absolute Gasteiger partial charge is 0.256 e. The fourth-order valence-corrected chi connectivity index (χ4v) is 3.09. The zero-order valence-electron chi connectivity index (χ0n) is 12.7. The third-order valence-corrected chi connectivity index (χ3v) is 3.99. The van der Waals surface area contributed by atoms with Gasteiger partial charge in [0.25, 0.3) is 5.91 Å². The molecule has 0 aliphatic carbocycles. The van der Waals surface area contributed by atoms with E-state index in [1.807, 2.05) is 17.9 Å². The van der Waals surface area contributed by atoms with E-state index in [0.29, 0.717) is 6.04 Å². The van der Waals surface area contributed by atoms with Crippen LogP contribution in [0.4, 0.5) is 0 Å². The van der Waals surface area contributed by atoms with Gasteiger partial charge in [-0.05, 0) is 40.7 Å². The number of hydrogen-bond donors (Lipinski definition) is 1. The number of nitrogens with one attached hydrogen (secondary N) is 1. The molecule has 1 aliphatic rings. The monoisotopic (exact) mass is 263 g/mol. The number of rotatable bonds is 2. The first kappa shape index (κ1) is 14.1. The Bertz CT molecular complexity index is 476. The van der Waals surface area contributed by atoms with Gasteiger partial charge in [0, 0.05) is 43.1 Å². The van der Waals surface area contributed by atoms with Crippen molar-refractivity contribution in [3.05, 3.63) is 23.0 Å². The maximum atomic E-state index is 12.7. The van der Waals surface area contributed by atoms with Crippen molar-refractivity contribution in [2.24, 2.45) is 0 Å². The molecule has 1 aliphatic heterocycles. The second-order valence-corrected chi connectivity index (χ2v) is 5.80. The lowest BCUT2D eigenvalue weighted by Gasteiger charge is -2.34. The van der Waals surface area contributed by atoms with Gasteiger partial charge in [0.2, 0.25) is 0 Å². The van der Waals surface area contributed by atoms with Crippen LogP contribution in [0.1, 0.15) is 48.6 Å². The summed E-state index contributed by atoms with van der Waals surface area (Å²) in [4.78, 5) is 14.7. The van der Waals surface area contributed by atoms with Crippen LogP contribution in [-0.4, -0.2) is 41.1 Å². The van der Waals surface area contributed by atoms with E-state index in [1.165, 1.54) is 5.69 Å². The minimum Gasteiger partial charge on any atom is -0.346 e. The lowest BCUT2D eigenvalue weighted by Crippen LogP contribution is -2.52. The predicted octanol–water partition coefficient (Wildman–Crippen LogP) is 2.12. The van der Waals surface area contributed by atoms with Gasteiger partial charge in [-0.1, -0.05) is 0 Å². The third kappa shape index (κ3) is 2.54. The molecule has 4 nitrogen and oxygen atoms in total. The van der Waals surface area contributed by atoms with Crippen LogP contribution in [0.15, 0.2) is 6.07 Å². The summed E-state index contributed by atoms with van der Waals surface area (Å²) in [6.07, 6.45) is 0. The van der Waals surface area contributed by atoms with Gasteiger partial charge in [-0.2, -0.15) is 0 Å². The number of aryl methyl sites for hydroxylation is 1. The van der Waals surface area contributed by atoms with Gasteiger partial charge in [0.15, 0.2) is 0 Å². The Morgan fingerprint density at radius 3 is 2.63 bits per heavy atom. The zero-order chi connectivity index (χ0) is 14.2. The van der Waals surface area contributed by atoms with Crippen LogP contribution in [0, 0.1) is 13.8 Å². The summed E-state index contributed by atoms with van der Waals surface area (Å²) in [5.41, 5.74) is 3.11. The molecule has 2 heterocycles. The maximum Gasteiger partial charge on any atom is 0.256 e. The van der Waals surface area contributed by atoms with E-state index in [-0.39, 0.29) is 11.9 Å². The summed E-state index contributed by atoms with van der Waals surface area (Å²) in [5, 5.41) is 3.32. The van der Waals surface area contributed by atoms with Crippen molar-refractivity contribution < 1.29 is 4.79 Å². The Morgan fingerprint density at radius 2 is 2.11 bits per heavy atom. The molecule has 4 heteroatoms. The van der Waals surface area contributed by atoms with Crippen LogP contribution < -0.4 is 5.32 Å². The lowest BCUT2D eigenvalue weighted by molar-refractivity contribution is 0.0655. The highest BCUT2D eigenvalue weighted by atomic mass is 16.2. The van der Waals surface area contributed by atoms with Crippen molar-refractivity contribution in [3.63, 3.8) is 0 Å². The molecule has 0 aromatic carbocycles. The average Bonchev–Trinajstić information content (AvgIpc) is 2.64. The molecule has 1 atom stereocenters. The number of carbonyl (C=O) groups excluding carboxylic acids is 1. The molecule has 1 fully saturated rings. The fourth-order valence-electron chi connectivity index (χ4n) is 3.09. The summed E-state index contributed by atoms with van der Waals surface area (Å²) >= 11 is 0. The molecular weight excluding hydrogens is 238 g/mol. The van der Waals surface area contributed by atoms with Crippen molar-refractivity contribution in [3.8, 4) is 0 Å². The maximum absolute atomic E-state index is 12.7. The van der Waals surface area contributed by atoms with E-state index >= 15 is 0 Å². The first-order chi connectivity index (χ1) is 8.93. The van der Waals surface area contributed by atoms with Crippen molar-refractivity contribution in [1.29, 1.82) is 0 Å². The van der Waals surface area contributed by atoms with E-state index in [4.69, 9.17) is 0 Å². The Morgan fingerprint density at radius 1 is 1.42 bits per heavy atom. The molecule has 19 heavy (non-hydrogen) atoms. The number of hydrogen-bond acceptors (Lipinski definition) is 2. The first-order valence-corrected chi connectivity index (χ1v) is 7.13. The van der Waals surface area contributed by atoms with E-state index < -0.39 is 0 Å². The summed E-state index contributed by atoms with van der Waals surface area (Å²) in [6.45, 7) is 13.1. The quantitative estimate of drug-likeness (QED) is 0.887. The highest BCUT2D eigenvalue weighted by Crippen LogP contribution is 2.22. The standard InChI is InChI=1S/C15H25N3O/c1-10(2)18-11(3)8-14(13(18)5)15(19)17-7-6-16-9-12(17)4/h8,10,12,16H,6-7,9H2,1-5H3. The molecule has 1 aromatic heterocycles. The van der Waals surface area contributed by atoms with Crippen molar-refractivity contribution in [2.45, 2.75) is 46.7 Å². The first-order valence-electron chi connectivity index (χ1n) is 7.13. The number of carbonyl (C=O) groups is 1. The highest BCUT2D eigenvalue weighted by Gasteiger charge is 2.27. The topological polar surface area (TPSA) is 37.3 Å². The second kappa shape index (κ2) is 5.37. The molecule has 106 valence electrons. The molecule has 1 aromatic rings. The fraction of sp³-hybridized carbons (Fsp3) is 0.667. The molecule has 0 spiro atoms. The third-order valence-electron chi connectivity index (χ3n) is 3.99. The average molecular weight is 263 g/mol. The van der Waals surface area contributed by atoms with E-state index in [9.17, 15) is 4.79 Å². The second-order valence-electron chi connectivity index (χ2n) is 5.80. The minimum atomic E-state index is 0.175. The van der Waals surface area contributed by atoms with Gasteiger partial charge in [-0.3, -0.25) is 4.79 Å². The summed E-state index contributed by atoms with van der Waals surface area (Å²) in [6, 6.07) is 2.69. The van der Waals surface area contributed by atoms with Crippen LogP contribution in [0.2, 0.25) is 0 Å². The van der Waals surface area contributed by atoms with Gasteiger partial charge < -0.3 is 14.8 Å². The zero-order valence-corrected chi connectivity index (χ0v) is 12.7. The molecule has 0 saturated carbocycles. The van der Waals surface area contributed by atoms with Crippen LogP contribution >= 0.6 is 0 Å². The number of nitrogens with zero attached hydrogens (tertiary/aromatic N) is 2. The van der Waals surface area contributed by atoms with Crippen molar-refractivity contribution >= 4 is 5.91 Å². The molecule has 1 N–H and O–H groups in total. The van der Waals surface area contributed by atoms with Gasteiger partial charge in [-0.15, -0.1) is 0 Å². The van der Waals surface area contributed by atoms with E-state index in [2.05, 4.69) is 37.6 Å². The van der Waals surface area contributed by atoms with Crippen LogP contribution in [0.3, 0.4) is 0 Å². The Kier molecular flexibility index (Phi) is 3.99. The summed E-state index contributed by atoms with van der Waals surface area (Å²) < 4.78 is 2.24. The molecule has 0 radical (unpaired) electrons. The molecule has 0 bridgehead atoms. The Labute approximate surface area is 115 Å². The van der Waals surface area contributed by atoms with Crippen LogP contribution in [0.5, 0.6) is 0 Å². The SMILES string of the molecule is Cc1cc(C(=O)N2CCNCC2C)c(C)n1C(C)C. The predicted molar refractivity (Wildman–Crippen MR) is 77.7 cm³/mol. The van der Waals surface area contributed by atoms with E-state index in [0.717, 1.165) is 30.9 Å². The van der Waals surface area contributed by atoms with Gasteiger partial charge >= 0.3 is 0 Å². The number of amides is 1. The largest absolute Gasteiger partial charge is 0.346 e. The normalized spacial score (nSPS) is 20.1. The molecular formula is C15H25N3O. The van der Waals surface area contributed by atoms with E-state index in [1.54, 1.807) is 0 Å². The number of aromatic nitrogens is 1. The molecule has 2 rings (SSSR count). The van der Waals surface area contributed by atoms with Crippen LogP contribution in [0.25, 0.3) is 0 Å². The highest BCUT2D eigenvalue weighted by molar-refractivity contribution is 5.96. The molecule has 1 saturated heterocycles. The lowest BCUT2D eigenvalue weighted by atomic mass is 10.1. The Balaban J connectivity index is 2.31. The van der Waals surface area contributed by atoms with Crippen LogP contribution in [-0.2, 0) is 0 Å². The summed E-state index contributed by atoms with van der Waals surface area (Å²) in [7, 11) is 0. The van der Waals surface area contributed by atoms with Crippen molar-refractivity contribution in [2.75, 3.05) is 19.6 Å². The van der Waals surface area contributed by atoms with Gasteiger partial charge in [-0.25, -0.2) is 0 Å². The summed E-state index contributed by atoms with van der Waals surface area (Å²) in [5.74, 6) is 0.175. The van der Waals surface area contributed by atoms with Crippen molar-refractivity contribution in [1.82, 2.24) is 14.8 Å². The molecule has 1 unspecified atom stereocenters. The molecule has 1 amide bonds.